The van der Waals surface area contributed by atoms with Crippen LogP contribution in [0.4, 0.5) is 13.2 Å². The average molecular weight is 541 g/mol. The normalized spacial score (nSPS) is 20.3. The highest BCUT2D eigenvalue weighted by atomic mass is 79.9. The first-order valence-corrected chi connectivity index (χ1v) is 11.8. The van der Waals surface area contributed by atoms with E-state index in [4.69, 9.17) is 4.74 Å². The molecule has 1 aliphatic heterocycles. The van der Waals surface area contributed by atoms with Crippen molar-refractivity contribution in [3.63, 3.8) is 0 Å². The van der Waals surface area contributed by atoms with Crippen LogP contribution in [0.3, 0.4) is 0 Å². The lowest BCUT2D eigenvalue weighted by Gasteiger charge is -2.29. The number of alkyl halides is 3. The first kappa shape index (κ1) is 26.2. The summed E-state index contributed by atoms with van der Waals surface area (Å²) in [5, 5.41) is 2.57. The summed E-state index contributed by atoms with van der Waals surface area (Å²) in [4.78, 5) is 27.2. The molecule has 1 aliphatic rings. The van der Waals surface area contributed by atoms with Gasteiger partial charge in [0, 0.05) is 17.4 Å². The van der Waals surface area contributed by atoms with Crippen molar-refractivity contribution < 1.29 is 27.5 Å². The van der Waals surface area contributed by atoms with Crippen molar-refractivity contribution in [1.82, 2.24) is 10.2 Å². The number of benzene rings is 2. The average Bonchev–Trinajstić information content (AvgIpc) is 3.16. The van der Waals surface area contributed by atoms with Crippen molar-refractivity contribution in [2.45, 2.75) is 44.4 Å². The molecule has 2 aromatic rings. The number of rotatable bonds is 9. The molecule has 34 heavy (non-hydrogen) atoms. The third-order valence-electron chi connectivity index (χ3n) is 6.36. The van der Waals surface area contributed by atoms with Gasteiger partial charge in [0.2, 0.25) is 5.91 Å². The zero-order valence-electron chi connectivity index (χ0n) is 19.1. The fraction of sp³-hybridized carbons (Fsp3) is 0.440. The van der Waals surface area contributed by atoms with E-state index in [-0.39, 0.29) is 49.9 Å². The maximum atomic E-state index is 13.6. The molecule has 1 amide bonds. The van der Waals surface area contributed by atoms with E-state index < -0.39 is 23.6 Å². The lowest BCUT2D eigenvalue weighted by atomic mass is 9.82. The van der Waals surface area contributed by atoms with Crippen LogP contribution in [-0.4, -0.2) is 43.2 Å². The van der Waals surface area contributed by atoms with E-state index in [1.807, 2.05) is 37.3 Å². The molecule has 0 bridgehead atoms. The van der Waals surface area contributed by atoms with E-state index in [0.717, 1.165) is 5.56 Å². The second-order valence-corrected chi connectivity index (χ2v) is 9.56. The van der Waals surface area contributed by atoms with Crippen LogP contribution in [0.15, 0.2) is 59.1 Å². The molecule has 0 saturated carbocycles. The zero-order valence-corrected chi connectivity index (χ0v) is 20.7. The van der Waals surface area contributed by atoms with Gasteiger partial charge in [-0.2, -0.15) is 13.2 Å². The highest BCUT2D eigenvalue weighted by molar-refractivity contribution is 9.10. The Bertz CT molecular complexity index is 985. The molecule has 2 unspecified atom stereocenters. The first-order valence-electron chi connectivity index (χ1n) is 11.1. The highest BCUT2D eigenvalue weighted by Gasteiger charge is 2.50. The smallest absolute Gasteiger partial charge is 0.407 e. The number of nitrogens with one attached hydrogen (secondary N) is 1. The fourth-order valence-electron chi connectivity index (χ4n) is 4.50. The van der Waals surface area contributed by atoms with Gasteiger partial charge in [-0.25, -0.2) is 0 Å². The van der Waals surface area contributed by atoms with Gasteiger partial charge in [0.1, 0.15) is 6.04 Å². The maximum absolute atomic E-state index is 13.6. The third-order valence-corrected chi connectivity index (χ3v) is 6.89. The minimum Gasteiger partial charge on any atom is -0.469 e. The number of likely N-dealkylation sites (tertiary alicyclic amines) is 1. The van der Waals surface area contributed by atoms with Crippen molar-refractivity contribution in [3.05, 3.63) is 70.2 Å². The lowest BCUT2D eigenvalue weighted by Crippen LogP contribution is -2.38. The van der Waals surface area contributed by atoms with Gasteiger partial charge in [0.15, 0.2) is 0 Å². The molecule has 1 heterocycles. The summed E-state index contributed by atoms with van der Waals surface area (Å²) in [5.74, 6) is -0.679. The molecule has 184 valence electrons. The number of halogens is 4. The second kappa shape index (κ2) is 10.9. The summed E-state index contributed by atoms with van der Waals surface area (Å²) in [7, 11) is 1.27. The topological polar surface area (TPSA) is 58.6 Å². The predicted molar refractivity (Wildman–Crippen MR) is 126 cm³/mol. The first-order chi connectivity index (χ1) is 16.1. The van der Waals surface area contributed by atoms with Gasteiger partial charge in [0.05, 0.1) is 18.6 Å². The van der Waals surface area contributed by atoms with E-state index in [1.165, 1.54) is 19.2 Å². The number of carbonyl (C=O) groups excluding carboxylic acids is 2. The maximum Gasteiger partial charge on any atom is 0.407 e. The Balaban J connectivity index is 1.68. The van der Waals surface area contributed by atoms with Crippen LogP contribution in [0.25, 0.3) is 0 Å². The van der Waals surface area contributed by atoms with E-state index >= 15 is 0 Å². The van der Waals surface area contributed by atoms with Crippen LogP contribution >= 0.6 is 15.9 Å². The van der Waals surface area contributed by atoms with Gasteiger partial charge in [0.25, 0.3) is 0 Å². The molecular weight excluding hydrogens is 513 g/mol. The molecule has 0 spiro atoms. The van der Waals surface area contributed by atoms with E-state index in [0.29, 0.717) is 4.47 Å². The van der Waals surface area contributed by atoms with Gasteiger partial charge in [-0.3, -0.25) is 9.59 Å². The van der Waals surface area contributed by atoms with Crippen LogP contribution in [0.1, 0.15) is 49.4 Å². The number of carbonyl (C=O) groups is 2. The van der Waals surface area contributed by atoms with Crippen molar-refractivity contribution in [2.75, 3.05) is 20.2 Å². The van der Waals surface area contributed by atoms with Crippen LogP contribution in [0.5, 0.6) is 0 Å². The summed E-state index contributed by atoms with van der Waals surface area (Å²) in [5.41, 5.74) is -0.0278. The zero-order chi connectivity index (χ0) is 24.9. The molecule has 1 saturated heterocycles. The minimum atomic E-state index is -4.47. The molecule has 1 fully saturated rings. The molecule has 3 atom stereocenters. The number of esters is 1. The molecule has 0 aromatic heterocycles. The Hall–Kier alpha value is -2.39. The number of ether oxygens (including phenoxy) is 1. The number of hydrogen-bond acceptors (Lipinski definition) is 4. The SMILES string of the molecule is COC(=O)C1(CCCN[C@@H](c2ccc(Br)cc2)C(F)(F)F)CC(=O)N(C(C)c2ccccc2)C1. The van der Waals surface area contributed by atoms with Gasteiger partial charge in [-0.1, -0.05) is 58.4 Å². The van der Waals surface area contributed by atoms with Crippen LogP contribution in [0, 0.1) is 5.41 Å². The monoisotopic (exact) mass is 540 g/mol. The summed E-state index contributed by atoms with van der Waals surface area (Å²) in [6, 6.07) is 13.4. The van der Waals surface area contributed by atoms with Crippen molar-refractivity contribution in [1.29, 1.82) is 0 Å². The Morgan fingerprint density at radius 3 is 2.38 bits per heavy atom. The summed E-state index contributed by atoms with van der Waals surface area (Å²) in [6.45, 7) is 2.10. The van der Waals surface area contributed by atoms with Gasteiger partial charge in [-0.15, -0.1) is 0 Å². The molecular formula is C25H28BrF3N2O3. The van der Waals surface area contributed by atoms with Crippen molar-refractivity contribution in [3.8, 4) is 0 Å². The van der Waals surface area contributed by atoms with Crippen LogP contribution in [0.2, 0.25) is 0 Å². The third kappa shape index (κ3) is 5.99. The van der Waals surface area contributed by atoms with E-state index in [2.05, 4.69) is 21.2 Å². The summed E-state index contributed by atoms with van der Waals surface area (Å²) in [6.07, 6.45) is -3.98. The van der Waals surface area contributed by atoms with Gasteiger partial charge < -0.3 is 15.0 Å². The molecule has 9 heteroatoms. The summed E-state index contributed by atoms with van der Waals surface area (Å²) < 4.78 is 46.6. The molecule has 5 nitrogen and oxygen atoms in total. The largest absolute Gasteiger partial charge is 0.469 e. The van der Waals surface area contributed by atoms with Gasteiger partial charge in [-0.05, 0) is 49.6 Å². The number of amides is 1. The van der Waals surface area contributed by atoms with Crippen molar-refractivity contribution >= 4 is 27.8 Å². The number of hydrogen-bond donors (Lipinski definition) is 1. The lowest BCUT2D eigenvalue weighted by molar-refractivity contribution is -0.158. The standard InChI is InChI=1S/C25H28BrF3N2O3/c1-17(18-7-4-3-5-8-18)31-16-24(15-21(31)32,23(33)34-2)13-6-14-30-22(25(27,28)29)19-9-11-20(26)12-10-19/h3-5,7-12,17,22,30H,6,13-16H2,1-2H3/t17?,22-,24?/m0/s1. The Kier molecular flexibility index (Phi) is 8.41. The van der Waals surface area contributed by atoms with E-state index in [9.17, 15) is 22.8 Å². The van der Waals surface area contributed by atoms with Crippen LogP contribution < -0.4 is 5.32 Å². The summed E-state index contributed by atoms with van der Waals surface area (Å²) >= 11 is 3.23. The Morgan fingerprint density at radius 2 is 1.79 bits per heavy atom. The van der Waals surface area contributed by atoms with Gasteiger partial charge >= 0.3 is 12.1 Å². The predicted octanol–water partition coefficient (Wildman–Crippen LogP) is 5.58. The number of methoxy groups -OCH3 is 1. The highest BCUT2D eigenvalue weighted by Crippen LogP contribution is 2.41. The molecule has 3 rings (SSSR count). The molecule has 1 N–H and O–H groups in total. The second-order valence-electron chi connectivity index (χ2n) is 8.64. The molecule has 0 radical (unpaired) electrons. The Labute approximate surface area is 205 Å². The fourth-order valence-corrected chi connectivity index (χ4v) is 4.76. The minimum absolute atomic E-state index is 0.0216. The Morgan fingerprint density at radius 1 is 1.15 bits per heavy atom. The quantitative estimate of drug-likeness (QED) is 0.333. The molecule has 0 aliphatic carbocycles. The van der Waals surface area contributed by atoms with Crippen molar-refractivity contribution in [2.24, 2.45) is 5.41 Å². The number of nitrogens with zero attached hydrogens (tertiary/aromatic N) is 1. The molecule has 2 aromatic carbocycles. The van der Waals surface area contributed by atoms with Crippen LogP contribution in [-0.2, 0) is 14.3 Å². The van der Waals surface area contributed by atoms with E-state index in [1.54, 1.807) is 17.0 Å².